The lowest BCUT2D eigenvalue weighted by atomic mass is 10.1. The Morgan fingerprint density at radius 3 is 2.81 bits per heavy atom. The number of urea groups is 1. The quantitative estimate of drug-likeness (QED) is 0.593. The summed E-state index contributed by atoms with van der Waals surface area (Å²) in [6.45, 7) is 3.11. The van der Waals surface area contributed by atoms with E-state index in [4.69, 9.17) is 0 Å². The molecule has 0 spiro atoms. The Labute approximate surface area is 97.7 Å². The second-order valence-electron chi connectivity index (χ2n) is 3.83. The van der Waals surface area contributed by atoms with E-state index in [1.165, 1.54) is 0 Å². The molecule has 2 fully saturated rings. The summed E-state index contributed by atoms with van der Waals surface area (Å²) in [5, 5.41) is 5.89. The summed E-state index contributed by atoms with van der Waals surface area (Å²) in [5.74, 6) is 0.0508. The third kappa shape index (κ3) is 2.62. The predicted molar refractivity (Wildman–Crippen MR) is 64.2 cm³/mol. The van der Waals surface area contributed by atoms with Crippen molar-refractivity contribution in [1.29, 1.82) is 0 Å². The Hall–Kier alpha value is -0.870. The third-order valence-electron chi connectivity index (χ3n) is 2.78. The van der Waals surface area contributed by atoms with Crippen molar-refractivity contribution in [2.45, 2.75) is 32.2 Å². The van der Waals surface area contributed by atoms with Crippen LogP contribution in [0, 0.1) is 0 Å². The highest BCUT2D eigenvalue weighted by molar-refractivity contribution is 7.13. The van der Waals surface area contributed by atoms with Crippen LogP contribution in [0.5, 0.6) is 0 Å². The smallest absolute Gasteiger partial charge is 0.336 e. The van der Waals surface area contributed by atoms with Crippen molar-refractivity contribution >= 4 is 21.3 Å². The van der Waals surface area contributed by atoms with E-state index in [1.54, 1.807) is 10.0 Å². The minimum Gasteiger partial charge on any atom is -0.336 e. The molecule has 0 aromatic rings. The highest BCUT2D eigenvalue weighted by Crippen LogP contribution is 2.20. The number of rotatable bonds is 0. The van der Waals surface area contributed by atoms with Crippen LogP contribution in [0.1, 0.15) is 26.2 Å². The first-order valence-corrected chi connectivity index (χ1v) is 6.07. The van der Waals surface area contributed by atoms with Gasteiger partial charge in [0.15, 0.2) is 0 Å². The van der Waals surface area contributed by atoms with Crippen LogP contribution in [0.4, 0.5) is 4.79 Å². The number of carbonyl (C=O) groups excluding carboxylic acids is 2. The largest absolute Gasteiger partial charge is 0.336 e. The van der Waals surface area contributed by atoms with E-state index in [9.17, 15) is 9.59 Å². The Kier molecular flexibility index (Phi) is 4.96. The summed E-state index contributed by atoms with van der Waals surface area (Å²) >= 11 is 0. The Balaban J connectivity index is 0.000000606. The van der Waals surface area contributed by atoms with Gasteiger partial charge >= 0.3 is 6.03 Å². The molecule has 2 saturated heterocycles. The molecule has 2 atom stereocenters. The summed E-state index contributed by atoms with van der Waals surface area (Å²) in [6.07, 6.45) is 2.36. The summed E-state index contributed by atoms with van der Waals surface area (Å²) in [6, 6.07) is -0.00569. The summed E-state index contributed by atoms with van der Waals surface area (Å²) < 4.78 is 0. The fourth-order valence-corrected chi connectivity index (χ4v) is 2.05. The first kappa shape index (κ1) is 13.2. The number of hydrogen-bond acceptors (Lipinski definition) is 3. The van der Waals surface area contributed by atoms with Crippen LogP contribution < -0.4 is 10.8 Å². The van der Waals surface area contributed by atoms with Gasteiger partial charge in [0.2, 0.25) is 5.91 Å². The van der Waals surface area contributed by atoms with E-state index in [0.29, 0.717) is 19.5 Å². The van der Waals surface area contributed by atoms with Crippen molar-refractivity contribution in [1.82, 2.24) is 15.3 Å². The van der Waals surface area contributed by atoms with Crippen molar-refractivity contribution in [3.8, 4) is 0 Å². The normalized spacial score (nSPS) is 25.1. The van der Waals surface area contributed by atoms with Gasteiger partial charge in [0.1, 0.15) is 0 Å². The highest BCUT2D eigenvalue weighted by atomic mass is 31.0. The summed E-state index contributed by atoms with van der Waals surface area (Å²) in [7, 11) is 1.92. The lowest BCUT2D eigenvalue weighted by Crippen LogP contribution is -2.57. The van der Waals surface area contributed by atoms with Crippen molar-refractivity contribution in [2.75, 3.05) is 13.1 Å². The van der Waals surface area contributed by atoms with Gasteiger partial charge in [-0.1, -0.05) is 9.39 Å². The van der Waals surface area contributed by atoms with Gasteiger partial charge in [0.25, 0.3) is 0 Å². The van der Waals surface area contributed by atoms with E-state index < -0.39 is 0 Å². The first-order valence-electron chi connectivity index (χ1n) is 5.41. The molecule has 0 aromatic carbocycles. The maximum atomic E-state index is 11.6. The Bertz CT molecular complexity index is 274. The summed E-state index contributed by atoms with van der Waals surface area (Å²) in [4.78, 5) is 23.3. The molecule has 0 aliphatic carbocycles. The molecule has 2 aliphatic rings. The average Bonchev–Trinajstić information content (AvgIpc) is 2.44. The molecular formula is C9H19N4O2P. The van der Waals surface area contributed by atoms with Crippen LogP contribution in [-0.4, -0.2) is 41.1 Å². The van der Waals surface area contributed by atoms with Gasteiger partial charge in [0.05, 0.1) is 6.04 Å². The molecule has 2 heterocycles. The van der Waals surface area contributed by atoms with Gasteiger partial charge in [-0.3, -0.25) is 4.79 Å². The van der Waals surface area contributed by atoms with E-state index >= 15 is 0 Å². The number of carbonyl (C=O) groups is 2. The van der Waals surface area contributed by atoms with Crippen LogP contribution in [0.3, 0.4) is 0 Å². The number of hydrogen-bond donors (Lipinski definition) is 2. The standard InChI is InChI=1S/C9H15N3O2.H4NP/c1-7-3-2-6-11-8(13)4-5-10-9(14)12(7)11;1-2/h7H,2-6H2,1H3,(H,10,14);1-2H2. The molecular weight excluding hydrogens is 227 g/mol. The molecule has 2 unspecified atom stereocenters. The van der Waals surface area contributed by atoms with E-state index in [1.807, 2.05) is 16.3 Å². The van der Waals surface area contributed by atoms with Crippen LogP contribution in [0.2, 0.25) is 0 Å². The zero-order valence-corrected chi connectivity index (χ0v) is 10.6. The molecule has 6 nitrogen and oxygen atoms in total. The van der Waals surface area contributed by atoms with Gasteiger partial charge < -0.3 is 10.8 Å². The zero-order valence-electron chi connectivity index (χ0n) is 9.48. The van der Waals surface area contributed by atoms with Gasteiger partial charge in [-0.2, -0.15) is 0 Å². The lowest BCUT2D eigenvalue weighted by Gasteiger charge is -2.41. The molecule has 3 N–H and O–H groups in total. The number of fused-ring (bicyclic) bond motifs is 1. The van der Waals surface area contributed by atoms with Gasteiger partial charge in [-0.15, -0.1) is 0 Å². The zero-order chi connectivity index (χ0) is 12.1. The molecule has 0 saturated carbocycles. The number of nitrogens with two attached hydrogens (primary N) is 1. The number of hydrazine groups is 1. The van der Waals surface area contributed by atoms with E-state index in [0.717, 1.165) is 12.8 Å². The number of amides is 3. The Morgan fingerprint density at radius 2 is 2.12 bits per heavy atom. The van der Waals surface area contributed by atoms with E-state index in [-0.39, 0.29) is 18.0 Å². The average molecular weight is 246 g/mol. The molecule has 16 heavy (non-hydrogen) atoms. The van der Waals surface area contributed by atoms with Crippen LogP contribution in [0.25, 0.3) is 0 Å². The van der Waals surface area contributed by atoms with Crippen molar-refractivity contribution in [2.24, 2.45) is 5.50 Å². The number of nitrogens with one attached hydrogen (secondary N) is 1. The van der Waals surface area contributed by atoms with E-state index in [2.05, 4.69) is 10.8 Å². The molecule has 0 bridgehead atoms. The second-order valence-corrected chi connectivity index (χ2v) is 3.83. The van der Waals surface area contributed by atoms with Gasteiger partial charge in [-0.25, -0.2) is 14.8 Å². The topological polar surface area (TPSA) is 78.7 Å². The third-order valence-corrected chi connectivity index (χ3v) is 2.78. The van der Waals surface area contributed by atoms with Gasteiger partial charge in [-0.05, 0) is 19.8 Å². The van der Waals surface area contributed by atoms with Gasteiger partial charge in [0, 0.05) is 19.5 Å². The monoisotopic (exact) mass is 246 g/mol. The van der Waals surface area contributed by atoms with Crippen molar-refractivity contribution in [3.63, 3.8) is 0 Å². The summed E-state index contributed by atoms with van der Waals surface area (Å²) in [5.41, 5.74) is 4.42. The van der Waals surface area contributed by atoms with Crippen LogP contribution in [0.15, 0.2) is 0 Å². The Morgan fingerprint density at radius 1 is 1.44 bits per heavy atom. The lowest BCUT2D eigenvalue weighted by molar-refractivity contribution is -0.149. The molecule has 92 valence electrons. The molecule has 2 aliphatic heterocycles. The minimum atomic E-state index is -0.136. The second kappa shape index (κ2) is 6.01. The minimum absolute atomic E-state index is 0.0508. The molecule has 0 aromatic heterocycles. The maximum Gasteiger partial charge on any atom is 0.336 e. The maximum absolute atomic E-state index is 11.6. The first-order chi connectivity index (χ1) is 7.70. The molecule has 0 radical (unpaired) electrons. The predicted octanol–water partition coefficient (Wildman–Crippen LogP) is 0.0628. The SMILES string of the molecule is CC1CCCN2C(=O)CCNC(=O)N12.NP. The van der Waals surface area contributed by atoms with Crippen LogP contribution >= 0.6 is 9.39 Å². The molecule has 3 amide bonds. The van der Waals surface area contributed by atoms with Crippen LogP contribution in [-0.2, 0) is 4.79 Å². The number of nitrogens with zero attached hydrogens (tertiary/aromatic N) is 2. The fourth-order valence-electron chi connectivity index (χ4n) is 2.05. The molecule has 2 rings (SSSR count). The highest BCUT2D eigenvalue weighted by Gasteiger charge is 2.34. The molecule has 7 heteroatoms. The van der Waals surface area contributed by atoms with Crippen molar-refractivity contribution < 1.29 is 9.59 Å². The van der Waals surface area contributed by atoms with Crippen molar-refractivity contribution in [3.05, 3.63) is 0 Å². The fraction of sp³-hybridized carbons (Fsp3) is 0.778.